The monoisotopic (exact) mass is 537 g/mol. The second-order valence-electron chi connectivity index (χ2n) is 8.00. The number of para-hydroxylation sites is 2. The fourth-order valence-corrected chi connectivity index (χ4v) is 6.30. The summed E-state index contributed by atoms with van der Waals surface area (Å²) in [6.45, 7) is 0. The average Bonchev–Trinajstić information content (AvgIpc) is 3.60. The number of carbonyl (C=O) groups is 1. The molecule has 4 aromatic carbocycles. The van der Waals surface area contributed by atoms with E-state index >= 15 is 0 Å². The Morgan fingerprint density at radius 1 is 0.629 bits per heavy atom. The fraction of sp³-hybridized carbons (Fsp3) is 0. The van der Waals surface area contributed by atoms with Crippen LogP contribution >= 0.6 is 11.3 Å². The summed E-state index contributed by atoms with van der Waals surface area (Å²) >= 11 is 1.33. The van der Waals surface area contributed by atoms with E-state index in [1.807, 2.05) is 24.3 Å². The number of anilines is 3. The zero-order valence-electron chi connectivity index (χ0n) is 18.5. The number of benzene rings is 4. The molecule has 0 radical (unpaired) electrons. The Balaban J connectivity index is 1.40. The number of fused-ring (bicyclic) bond motifs is 1. The first-order chi connectivity index (χ1) is 17.3. The van der Waals surface area contributed by atoms with Gasteiger partial charge in [-0.1, -0.05) is 0 Å². The summed E-state index contributed by atoms with van der Waals surface area (Å²) in [5.74, 6) is 0. The van der Waals surface area contributed by atoms with Crippen molar-refractivity contribution in [1.82, 2.24) is 7.96 Å². The third-order valence-electron chi connectivity index (χ3n) is 5.89. The van der Waals surface area contributed by atoms with E-state index in [0.717, 1.165) is 60.8 Å². The Kier molecular flexibility index (Phi) is 5.84. The number of thiophene rings is 1. The third-order valence-corrected chi connectivity index (χ3v) is 8.04. The molecule has 0 saturated heterocycles. The normalized spacial score (nSPS) is 11.0. The van der Waals surface area contributed by atoms with Gasteiger partial charge in [0.25, 0.3) is 0 Å². The molecule has 0 bridgehead atoms. The van der Waals surface area contributed by atoms with Crippen LogP contribution in [0.15, 0.2) is 109 Å². The van der Waals surface area contributed by atoms with Crippen LogP contribution < -0.4 is 4.90 Å². The second-order valence-corrected chi connectivity index (χ2v) is 10.2. The number of nitrogens with zero attached hydrogens (tertiary/aromatic N) is 3. The van der Waals surface area contributed by atoms with Crippen LogP contribution in [-0.2, 0) is 0 Å². The van der Waals surface area contributed by atoms with Crippen LogP contribution in [-0.4, -0.2) is 29.2 Å². The molecule has 4 nitrogen and oxygen atoms in total. The van der Waals surface area contributed by atoms with Gasteiger partial charge in [0.1, 0.15) is 0 Å². The zero-order chi connectivity index (χ0) is 23.6. The molecule has 168 valence electrons. The van der Waals surface area contributed by atoms with Gasteiger partial charge in [0.2, 0.25) is 0 Å². The van der Waals surface area contributed by atoms with Gasteiger partial charge in [-0.05, 0) is 0 Å². The van der Waals surface area contributed by atoms with Gasteiger partial charge >= 0.3 is 214 Å². The molecular weight excluding hydrogens is 517 g/mol. The molecule has 0 aliphatic rings. The molecule has 0 N–H and O–H groups in total. The predicted octanol–water partition coefficient (Wildman–Crippen LogP) is 7.36. The van der Waals surface area contributed by atoms with Crippen molar-refractivity contribution >= 4 is 60.7 Å². The standard InChI is InChI=1S/C29H19N3OSSe/c33-19-24-15-18-27(34-24)26-17-16-25(28-29(26)31-35-30-28)20-11-13-23(14-12-20)32(21-7-3-1-4-8-21)22-9-5-2-6-10-22/h1-19H. The van der Waals surface area contributed by atoms with Crippen molar-refractivity contribution < 1.29 is 4.79 Å². The Morgan fingerprint density at radius 2 is 1.20 bits per heavy atom. The number of rotatable bonds is 6. The van der Waals surface area contributed by atoms with E-state index in [1.165, 1.54) is 11.3 Å². The Labute approximate surface area is 213 Å². The maximum absolute atomic E-state index is 11.1. The van der Waals surface area contributed by atoms with E-state index in [2.05, 4.69) is 89.8 Å². The van der Waals surface area contributed by atoms with E-state index in [0.29, 0.717) is 0 Å². The van der Waals surface area contributed by atoms with E-state index in [-0.39, 0.29) is 15.0 Å². The SMILES string of the molecule is O=Cc1ccc(-c2ccc(-c3ccc(N(c4ccccc4)c4ccccc4)cc3)c3n[se]nc23)s1. The molecule has 0 aliphatic carbocycles. The minimum absolute atomic E-state index is 0.157. The molecule has 2 aromatic heterocycles. The molecule has 0 aliphatic heterocycles. The first kappa shape index (κ1) is 21.7. The second kappa shape index (κ2) is 9.43. The molecule has 0 unspecified atom stereocenters. The molecule has 0 saturated carbocycles. The minimum atomic E-state index is -0.157. The number of carbonyl (C=O) groups excluding carboxylic acids is 1. The molecule has 6 aromatic rings. The van der Waals surface area contributed by atoms with Crippen LogP contribution in [0.5, 0.6) is 0 Å². The van der Waals surface area contributed by atoms with E-state index in [1.54, 1.807) is 0 Å². The summed E-state index contributed by atoms with van der Waals surface area (Å²) in [7, 11) is 0. The Bertz CT molecular complexity index is 1570. The van der Waals surface area contributed by atoms with Gasteiger partial charge in [0.05, 0.1) is 0 Å². The van der Waals surface area contributed by atoms with Gasteiger partial charge < -0.3 is 0 Å². The van der Waals surface area contributed by atoms with Crippen LogP contribution in [0.3, 0.4) is 0 Å². The first-order valence-corrected chi connectivity index (χ1v) is 13.5. The molecule has 6 heteroatoms. The van der Waals surface area contributed by atoms with Gasteiger partial charge in [-0.2, -0.15) is 0 Å². The Morgan fingerprint density at radius 3 is 1.80 bits per heavy atom. The van der Waals surface area contributed by atoms with Gasteiger partial charge in [0, 0.05) is 0 Å². The van der Waals surface area contributed by atoms with Gasteiger partial charge in [-0.15, -0.1) is 0 Å². The van der Waals surface area contributed by atoms with Crippen LogP contribution in [0.25, 0.3) is 32.6 Å². The number of aldehydes is 1. The summed E-state index contributed by atoms with van der Waals surface area (Å²) in [4.78, 5) is 15.2. The van der Waals surface area contributed by atoms with E-state index in [9.17, 15) is 4.79 Å². The summed E-state index contributed by atoms with van der Waals surface area (Å²) in [5.41, 5.74) is 8.41. The van der Waals surface area contributed by atoms with Crippen molar-refractivity contribution in [2.45, 2.75) is 0 Å². The van der Waals surface area contributed by atoms with Crippen LogP contribution in [0.1, 0.15) is 9.67 Å². The number of hydrogen-bond acceptors (Lipinski definition) is 5. The predicted molar refractivity (Wildman–Crippen MR) is 145 cm³/mol. The van der Waals surface area contributed by atoms with Gasteiger partial charge in [-0.3, -0.25) is 0 Å². The molecular formula is C29H19N3OSSe. The van der Waals surface area contributed by atoms with Crippen molar-refractivity contribution in [3.05, 3.63) is 114 Å². The van der Waals surface area contributed by atoms with E-state index < -0.39 is 0 Å². The summed E-state index contributed by atoms with van der Waals surface area (Å²) < 4.78 is 9.49. The molecule has 35 heavy (non-hydrogen) atoms. The van der Waals surface area contributed by atoms with Crippen molar-refractivity contribution in [1.29, 1.82) is 0 Å². The van der Waals surface area contributed by atoms with E-state index in [4.69, 9.17) is 7.96 Å². The van der Waals surface area contributed by atoms with Crippen LogP contribution in [0.4, 0.5) is 17.1 Å². The summed E-state index contributed by atoms with van der Waals surface area (Å²) in [6.07, 6.45) is 0.893. The molecule has 2 heterocycles. The third kappa shape index (κ3) is 4.13. The first-order valence-electron chi connectivity index (χ1n) is 11.1. The maximum atomic E-state index is 11.1. The van der Waals surface area contributed by atoms with Crippen molar-refractivity contribution in [3.8, 4) is 21.6 Å². The number of aromatic nitrogens is 2. The fourth-order valence-electron chi connectivity index (χ4n) is 4.25. The summed E-state index contributed by atoms with van der Waals surface area (Å²) in [5, 5.41) is 0. The average molecular weight is 537 g/mol. The molecule has 6 rings (SSSR count). The van der Waals surface area contributed by atoms with Crippen LogP contribution in [0, 0.1) is 0 Å². The zero-order valence-corrected chi connectivity index (χ0v) is 21.1. The van der Waals surface area contributed by atoms with Crippen LogP contribution in [0.2, 0.25) is 0 Å². The molecule has 0 atom stereocenters. The van der Waals surface area contributed by atoms with Gasteiger partial charge in [0.15, 0.2) is 0 Å². The molecule has 0 spiro atoms. The van der Waals surface area contributed by atoms with Crippen molar-refractivity contribution in [2.24, 2.45) is 0 Å². The van der Waals surface area contributed by atoms with Gasteiger partial charge in [-0.25, -0.2) is 0 Å². The molecule has 0 amide bonds. The topological polar surface area (TPSA) is 46.1 Å². The number of hydrogen-bond donors (Lipinski definition) is 0. The van der Waals surface area contributed by atoms with Crippen molar-refractivity contribution in [2.75, 3.05) is 4.90 Å². The quantitative estimate of drug-likeness (QED) is 0.165. The Hall–Kier alpha value is -3.83. The molecule has 0 fully saturated rings. The van der Waals surface area contributed by atoms with Crippen molar-refractivity contribution in [3.63, 3.8) is 0 Å². The summed E-state index contributed by atoms with van der Waals surface area (Å²) in [6, 6.07) is 37.5.